The van der Waals surface area contributed by atoms with Gasteiger partial charge in [-0.05, 0) is 36.2 Å². The standard InChI is InChI=1S/C27H29ClFN3O4S/c1-19-13-14-22(16-23(19)28)32(37(3,35)36)18-26(33)31(17-21-11-7-8-12-24(21)29)25(27(34)30-2)15-20-9-5-4-6-10-20/h4-14,16,25H,15,17-18H2,1-3H3,(H,30,34)/t25-/m0/s1. The fourth-order valence-corrected chi connectivity index (χ4v) is 4.90. The first-order valence-corrected chi connectivity index (χ1v) is 13.8. The lowest BCUT2D eigenvalue weighted by Gasteiger charge is -2.33. The molecule has 0 saturated carbocycles. The van der Waals surface area contributed by atoms with Crippen molar-refractivity contribution in [2.24, 2.45) is 0 Å². The average molecular weight is 546 g/mol. The lowest BCUT2D eigenvalue weighted by Crippen LogP contribution is -2.53. The summed E-state index contributed by atoms with van der Waals surface area (Å²) in [6.07, 6.45) is 1.13. The van der Waals surface area contributed by atoms with Crippen molar-refractivity contribution in [3.8, 4) is 0 Å². The molecule has 0 heterocycles. The maximum absolute atomic E-state index is 14.6. The monoisotopic (exact) mass is 545 g/mol. The maximum atomic E-state index is 14.6. The van der Waals surface area contributed by atoms with Crippen LogP contribution in [0, 0.1) is 12.7 Å². The number of sulfonamides is 1. The van der Waals surface area contributed by atoms with E-state index in [9.17, 15) is 22.4 Å². The maximum Gasteiger partial charge on any atom is 0.244 e. The zero-order valence-corrected chi connectivity index (χ0v) is 22.4. The van der Waals surface area contributed by atoms with Crippen molar-refractivity contribution in [2.45, 2.75) is 25.9 Å². The summed E-state index contributed by atoms with van der Waals surface area (Å²) < 4.78 is 41.0. The van der Waals surface area contributed by atoms with Gasteiger partial charge < -0.3 is 10.2 Å². The Bertz CT molecular complexity index is 1370. The van der Waals surface area contributed by atoms with Crippen molar-refractivity contribution >= 4 is 39.1 Å². The summed E-state index contributed by atoms with van der Waals surface area (Å²) in [4.78, 5) is 28.0. The lowest BCUT2D eigenvalue weighted by atomic mass is 10.0. The number of anilines is 1. The predicted molar refractivity (Wildman–Crippen MR) is 143 cm³/mol. The van der Waals surface area contributed by atoms with Gasteiger partial charge in [0.25, 0.3) is 0 Å². The van der Waals surface area contributed by atoms with Crippen LogP contribution < -0.4 is 9.62 Å². The van der Waals surface area contributed by atoms with Crippen molar-refractivity contribution in [2.75, 3.05) is 24.2 Å². The summed E-state index contributed by atoms with van der Waals surface area (Å²) in [6, 6.07) is 18.7. The zero-order valence-electron chi connectivity index (χ0n) is 20.8. The smallest absolute Gasteiger partial charge is 0.244 e. The highest BCUT2D eigenvalue weighted by Crippen LogP contribution is 2.26. The van der Waals surface area contributed by atoms with Gasteiger partial charge in [0.15, 0.2) is 0 Å². The molecule has 0 spiro atoms. The van der Waals surface area contributed by atoms with Crippen molar-refractivity contribution < 1.29 is 22.4 Å². The molecule has 3 aromatic rings. The van der Waals surface area contributed by atoms with Gasteiger partial charge in [-0.25, -0.2) is 12.8 Å². The molecule has 0 aliphatic heterocycles. The molecule has 7 nitrogen and oxygen atoms in total. The third kappa shape index (κ3) is 7.30. The molecule has 0 bridgehead atoms. The topological polar surface area (TPSA) is 86.8 Å². The molecule has 3 rings (SSSR count). The van der Waals surface area contributed by atoms with E-state index >= 15 is 0 Å². The summed E-state index contributed by atoms with van der Waals surface area (Å²) in [5.41, 5.74) is 1.93. The van der Waals surface area contributed by atoms with E-state index in [0.29, 0.717) is 5.02 Å². The second-order valence-corrected chi connectivity index (χ2v) is 10.9. The normalized spacial score (nSPS) is 12.0. The van der Waals surface area contributed by atoms with E-state index in [-0.39, 0.29) is 24.2 Å². The summed E-state index contributed by atoms with van der Waals surface area (Å²) in [6.45, 7) is 0.938. The number of aryl methyl sites for hydroxylation is 1. The minimum Gasteiger partial charge on any atom is -0.357 e. The van der Waals surface area contributed by atoms with Crippen LogP contribution >= 0.6 is 11.6 Å². The molecule has 196 valence electrons. The first-order valence-electron chi connectivity index (χ1n) is 11.5. The van der Waals surface area contributed by atoms with E-state index < -0.39 is 40.2 Å². The highest BCUT2D eigenvalue weighted by molar-refractivity contribution is 7.92. The number of hydrogen-bond donors (Lipinski definition) is 1. The summed E-state index contributed by atoms with van der Waals surface area (Å²) >= 11 is 6.22. The predicted octanol–water partition coefficient (Wildman–Crippen LogP) is 3.94. The number of nitrogens with zero attached hydrogens (tertiary/aromatic N) is 2. The van der Waals surface area contributed by atoms with Crippen LogP contribution in [-0.4, -0.2) is 51.0 Å². The van der Waals surface area contributed by atoms with Crippen molar-refractivity contribution in [3.63, 3.8) is 0 Å². The van der Waals surface area contributed by atoms with Gasteiger partial charge in [-0.3, -0.25) is 13.9 Å². The number of hydrogen-bond acceptors (Lipinski definition) is 4. The molecule has 0 unspecified atom stereocenters. The molecule has 37 heavy (non-hydrogen) atoms. The van der Waals surface area contributed by atoms with Crippen molar-refractivity contribution in [1.29, 1.82) is 0 Å². The third-order valence-electron chi connectivity index (χ3n) is 5.94. The average Bonchev–Trinajstić information content (AvgIpc) is 2.86. The Hall–Kier alpha value is -3.43. The highest BCUT2D eigenvalue weighted by atomic mass is 35.5. The quantitative estimate of drug-likeness (QED) is 0.418. The van der Waals surface area contributed by atoms with Gasteiger partial charge >= 0.3 is 0 Å². The fourth-order valence-electron chi connectivity index (χ4n) is 3.88. The summed E-state index contributed by atoms with van der Waals surface area (Å²) in [7, 11) is -2.47. The van der Waals surface area contributed by atoms with Gasteiger partial charge in [0.2, 0.25) is 21.8 Å². The second-order valence-electron chi connectivity index (χ2n) is 8.64. The van der Waals surface area contributed by atoms with Crippen molar-refractivity contribution in [1.82, 2.24) is 10.2 Å². The number of likely N-dealkylation sites (N-methyl/N-ethyl adjacent to an activating group) is 1. The number of rotatable bonds is 10. The second kappa shape index (κ2) is 12.2. The van der Waals surface area contributed by atoms with E-state index in [2.05, 4.69) is 5.32 Å². The first-order chi connectivity index (χ1) is 17.5. The van der Waals surface area contributed by atoms with Crippen LogP contribution in [0.5, 0.6) is 0 Å². The molecular formula is C27H29ClFN3O4S. The molecule has 0 aliphatic rings. The Balaban J connectivity index is 2.05. The number of nitrogens with one attached hydrogen (secondary N) is 1. The molecule has 1 N–H and O–H groups in total. The van der Waals surface area contributed by atoms with Crippen molar-refractivity contribution in [3.05, 3.63) is 100 Å². The van der Waals surface area contributed by atoms with Gasteiger partial charge in [0.05, 0.1) is 11.9 Å². The first kappa shape index (κ1) is 28.1. The number of carbonyl (C=O) groups excluding carboxylic acids is 2. The number of halogens is 2. The number of amides is 2. The van der Waals surface area contributed by atoms with E-state index in [1.165, 1.54) is 36.2 Å². The van der Waals surface area contributed by atoms with Crippen LogP contribution in [-0.2, 0) is 32.6 Å². The SMILES string of the molecule is CNC(=O)[C@H](Cc1ccccc1)N(Cc1ccccc1F)C(=O)CN(c1ccc(C)c(Cl)c1)S(C)(=O)=O. The minimum atomic E-state index is -3.92. The van der Waals surface area contributed by atoms with E-state index in [1.807, 2.05) is 30.3 Å². The molecule has 1 atom stereocenters. The molecule has 0 fully saturated rings. The summed E-state index contributed by atoms with van der Waals surface area (Å²) in [5.74, 6) is -1.67. The van der Waals surface area contributed by atoms with E-state index in [4.69, 9.17) is 11.6 Å². The molecule has 0 saturated heterocycles. The van der Waals surface area contributed by atoms with Crippen LogP contribution in [0.25, 0.3) is 0 Å². The highest BCUT2D eigenvalue weighted by Gasteiger charge is 2.33. The Labute approximate surface area is 221 Å². The zero-order chi connectivity index (χ0) is 27.2. The van der Waals surface area contributed by atoms with Gasteiger partial charge in [0, 0.05) is 30.6 Å². The Morgan fingerprint density at radius 1 is 1.03 bits per heavy atom. The van der Waals surface area contributed by atoms with Gasteiger partial charge in [-0.15, -0.1) is 0 Å². The van der Waals surface area contributed by atoms with Gasteiger partial charge in [0.1, 0.15) is 18.4 Å². The Morgan fingerprint density at radius 3 is 2.27 bits per heavy atom. The van der Waals surface area contributed by atoms with Crippen LogP contribution in [0.15, 0.2) is 72.8 Å². The molecule has 0 radical (unpaired) electrons. The molecular weight excluding hydrogens is 517 g/mol. The molecule has 0 aromatic heterocycles. The van der Waals surface area contributed by atoms with Gasteiger partial charge in [-0.1, -0.05) is 66.2 Å². The summed E-state index contributed by atoms with van der Waals surface area (Å²) in [5, 5.41) is 2.92. The van der Waals surface area contributed by atoms with Crippen LogP contribution in [0.4, 0.5) is 10.1 Å². The largest absolute Gasteiger partial charge is 0.357 e. The molecule has 3 aromatic carbocycles. The van der Waals surface area contributed by atoms with Crippen LogP contribution in [0.1, 0.15) is 16.7 Å². The molecule has 2 amide bonds. The van der Waals surface area contributed by atoms with E-state index in [1.54, 1.807) is 25.1 Å². The third-order valence-corrected chi connectivity index (χ3v) is 7.49. The van der Waals surface area contributed by atoms with Crippen LogP contribution in [0.3, 0.4) is 0 Å². The number of carbonyl (C=O) groups is 2. The Morgan fingerprint density at radius 2 is 1.68 bits per heavy atom. The fraction of sp³-hybridized carbons (Fsp3) is 0.259. The lowest BCUT2D eigenvalue weighted by molar-refractivity contribution is -0.139. The van der Waals surface area contributed by atoms with E-state index in [0.717, 1.165) is 21.7 Å². The molecule has 0 aliphatic carbocycles. The molecule has 10 heteroatoms. The number of benzene rings is 3. The Kier molecular flexibility index (Phi) is 9.29. The minimum absolute atomic E-state index is 0.149. The van der Waals surface area contributed by atoms with Gasteiger partial charge in [-0.2, -0.15) is 0 Å². The van der Waals surface area contributed by atoms with Crippen LogP contribution in [0.2, 0.25) is 5.02 Å².